The van der Waals surface area contributed by atoms with E-state index in [1.807, 2.05) is 0 Å². The minimum atomic E-state index is -0.623. The van der Waals surface area contributed by atoms with Gasteiger partial charge in [-0.1, -0.05) is 18.2 Å². The Morgan fingerprint density at radius 1 is 0.848 bits per heavy atom. The number of methoxy groups -OCH3 is 1. The van der Waals surface area contributed by atoms with Gasteiger partial charge in [-0.15, -0.1) is 0 Å². The van der Waals surface area contributed by atoms with Gasteiger partial charge in [-0.05, 0) is 72.6 Å². The number of rotatable bonds is 4. The molecule has 1 saturated heterocycles. The molecular weight excluding hydrogens is 422 g/mol. The molecule has 0 radical (unpaired) electrons. The van der Waals surface area contributed by atoms with Crippen LogP contribution in [0.5, 0.6) is 5.75 Å². The highest BCUT2D eigenvalue weighted by molar-refractivity contribution is 6.23. The Morgan fingerprint density at radius 2 is 1.48 bits per heavy atom. The predicted octanol–water partition coefficient (Wildman–Crippen LogP) is 3.25. The summed E-state index contributed by atoms with van der Waals surface area (Å²) >= 11 is 0. The van der Waals surface area contributed by atoms with Crippen LogP contribution >= 0.6 is 0 Å². The molecule has 7 rings (SSSR count). The van der Waals surface area contributed by atoms with E-state index in [2.05, 4.69) is 16.9 Å². The second-order valence-corrected chi connectivity index (χ2v) is 9.12. The third-order valence-corrected chi connectivity index (χ3v) is 7.49. The van der Waals surface area contributed by atoms with E-state index >= 15 is 0 Å². The zero-order valence-corrected chi connectivity index (χ0v) is 17.8. The minimum Gasteiger partial charge on any atom is -0.465 e. The van der Waals surface area contributed by atoms with Crippen LogP contribution in [0, 0.1) is 35.5 Å². The maximum atomic E-state index is 13.3. The normalized spacial score (nSPS) is 30.6. The van der Waals surface area contributed by atoms with Gasteiger partial charge in [-0.2, -0.15) is 0 Å². The number of benzene rings is 2. The average Bonchev–Trinajstić information content (AvgIpc) is 3.62. The average molecular weight is 443 g/mol. The summed E-state index contributed by atoms with van der Waals surface area (Å²) in [6.45, 7) is 0. The third-order valence-electron chi connectivity index (χ3n) is 7.49. The van der Waals surface area contributed by atoms with Crippen molar-refractivity contribution in [3.63, 3.8) is 0 Å². The molecule has 1 aliphatic heterocycles. The fraction of sp³-hybridized carbons (Fsp3) is 0.308. The Morgan fingerprint density at radius 3 is 2.09 bits per heavy atom. The Kier molecular flexibility index (Phi) is 4.30. The van der Waals surface area contributed by atoms with E-state index in [-0.39, 0.29) is 46.8 Å². The molecule has 6 atom stereocenters. The van der Waals surface area contributed by atoms with Crippen LogP contribution in [0.25, 0.3) is 0 Å². The molecule has 166 valence electrons. The van der Waals surface area contributed by atoms with Crippen LogP contribution in [0.15, 0.2) is 60.7 Å². The van der Waals surface area contributed by atoms with Crippen molar-refractivity contribution in [2.45, 2.75) is 6.42 Å². The largest absolute Gasteiger partial charge is 0.465 e. The number of allylic oxidation sites excluding steroid dienone is 2. The van der Waals surface area contributed by atoms with Gasteiger partial charge in [0.25, 0.3) is 0 Å². The standard InChI is InChI=1S/C26H21NO6/c1-32-25(30)13-5-7-16(8-6-13)33-26(31)14-3-2-4-15(11-14)27-23(28)21-17-9-10-18(20-12-19(17)20)22(21)24(27)29/h2-11,17-22H,12H2,1H3. The molecule has 2 amide bonds. The maximum absolute atomic E-state index is 13.3. The van der Waals surface area contributed by atoms with Gasteiger partial charge in [0.15, 0.2) is 0 Å². The second kappa shape index (κ2) is 7.13. The Balaban J connectivity index is 1.23. The lowest BCUT2D eigenvalue weighted by Crippen LogP contribution is -2.40. The summed E-state index contributed by atoms with van der Waals surface area (Å²) in [5, 5.41) is 0. The molecule has 2 bridgehead atoms. The number of carbonyl (C=O) groups excluding carboxylic acids is 4. The first-order valence-electron chi connectivity index (χ1n) is 11.0. The first kappa shape index (κ1) is 19.9. The van der Waals surface area contributed by atoms with Crippen molar-refractivity contribution in [3.8, 4) is 5.75 Å². The number of amides is 2. The highest BCUT2D eigenvalue weighted by atomic mass is 16.5. The lowest BCUT2D eigenvalue weighted by Gasteiger charge is -2.37. The topological polar surface area (TPSA) is 90.0 Å². The summed E-state index contributed by atoms with van der Waals surface area (Å²) in [6, 6.07) is 12.4. The van der Waals surface area contributed by atoms with Crippen LogP contribution in [0.3, 0.4) is 0 Å². The highest BCUT2D eigenvalue weighted by Crippen LogP contribution is 2.65. The van der Waals surface area contributed by atoms with Crippen molar-refractivity contribution in [1.82, 2.24) is 0 Å². The molecule has 0 aromatic heterocycles. The smallest absolute Gasteiger partial charge is 0.343 e. The summed E-state index contributed by atoms with van der Waals surface area (Å²) in [6.07, 6.45) is 5.37. The molecule has 7 nitrogen and oxygen atoms in total. The fourth-order valence-corrected chi connectivity index (χ4v) is 5.93. The number of hydrogen-bond donors (Lipinski definition) is 0. The minimum absolute atomic E-state index is 0.146. The quantitative estimate of drug-likeness (QED) is 0.312. The molecule has 2 aromatic rings. The number of anilines is 1. The van der Waals surface area contributed by atoms with Gasteiger partial charge in [0.1, 0.15) is 5.75 Å². The molecule has 2 aromatic carbocycles. The fourth-order valence-electron chi connectivity index (χ4n) is 5.93. The van der Waals surface area contributed by atoms with Gasteiger partial charge < -0.3 is 9.47 Å². The van der Waals surface area contributed by atoms with Crippen LogP contribution in [-0.4, -0.2) is 30.9 Å². The van der Waals surface area contributed by atoms with Crippen molar-refractivity contribution in [1.29, 1.82) is 0 Å². The van der Waals surface area contributed by atoms with E-state index in [1.165, 1.54) is 42.3 Å². The molecule has 1 heterocycles. The Labute approximate surface area is 190 Å². The zero-order chi connectivity index (χ0) is 22.9. The van der Waals surface area contributed by atoms with Crippen molar-refractivity contribution in [2.24, 2.45) is 35.5 Å². The molecule has 7 heteroatoms. The molecule has 5 aliphatic rings. The van der Waals surface area contributed by atoms with Gasteiger partial charge >= 0.3 is 11.9 Å². The van der Waals surface area contributed by atoms with E-state index in [0.29, 0.717) is 23.1 Å². The van der Waals surface area contributed by atoms with Crippen LogP contribution in [0.2, 0.25) is 0 Å². The molecule has 4 aliphatic carbocycles. The lowest BCUT2D eigenvalue weighted by atomic mass is 9.63. The molecule has 0 N–H and O–H groups in total. The number of imide groups is 1. The molecule has 0 spiro atoms. The SMILES string of the molecule is COC(=O)c1ccc(OC(=O)c2cccc(N3C(=O)C4C5C=CC(C6CC56)C4C3=O)c2)cc1. The first-order valence-corrected chi connectivity index (χ1v) is 11.0. The summed E-state index contributed by atoms with van der Waals surface area (Å²) in [5.74, 6) is -0.407. The summed E-state index contributed by atoms with van der Waals surface area (Å²) in [4.78, 5) is 52.1. The second-order valence-electron chi connectivity index (χ2n) is 9.12. The molecule has 2 saturated carbocycles. The third kappa shape index (κ3) is 2.95. The zero-order valence-electron chi connectivity index (χ0n) is 17.8. The predicted molar refractivity (Wildman–Crippen MR) is 116 cm³/mol. The van der Waals surface area contributed by atoms with Crippen molar-refractivity contribution < 1.29 is 28.7 Å². The van der Waals surface area contributed by atoms with Gasteiger partial charge in [-0.3, -0.25) is 9.59 Å². The van der Waals surface area contributed by atoms with Gasteiger partial charge in [0.2, 0.25) is 11.8 Å². The number of ether oxygens (including phenoxy) is 2. The van der Waals surface area contributed by atoms with Crippen LogP contribution < -0.4 is 9.64 Å². The summed E-state index contributed by atoms with van der Waals surface area (Å²) in [7, 11) is 1.29. The van der Waals surface area contributed by atoms with E-state index < -0.39 is 11.9 Å². The number of carbonyl (C=O) groups is 4. The van der Waals surface area contributed by atoms with E-state index in [0.717, 1.165) is 6.42 Å². The van der Waals surface area contributed by atoms with Crippen molar-refractivity contribution in [3.05, 3.63) is 71.8 Å². The highest BCUT2D eigenvalue weighted by Gasteiger charge is 2.67. The van der Waals surface area contributed by atoms with Crippen molar-refractivity contribution >= 4 is 29.4 Å². The van der Waals surface area contributed by atoms with Crippen LogP contribution in [-0.2, 0) is 14.3 Å². The molecule has 33 heavy (non-hydrogen) atoms. The van der Waals surface area contributed by atoms with Crippen molar-refractivity contribution in [2.75, 3.05) is 12.0 Å². The lowest BCUT2D eigenvalue weighted by molar-refractivity contribution is -0.124. The van der Waals surface area contributed by atoms with Crippen LogP contribution in [0.1, 0.15) is 27.1 Å². The van der Waals surface area contributed by atoms with Crippen LogP contribution in [0.4, 0.5) is 5.69 Å². The molecule has 6 unspecified atom stereocenters. The van der Waals surface area contributed by atoms with Gasteiger partial charge in [-0.25, -0.2) is 14.5 Å². The Bertz CT molecular complexity index is 1200. The monoisotopic (exact) mass is 443 g/mol. The van der Waals surface area contributed by atoms with E-state index in [9.17, 15) is 19.2 Å². The first-order chi connectivity index (χ1) is 16.0. The number of hydrogen-bond acceptors (Lipinski definition) is 6. The van der Waals surface area contributed by atoms with E-state index in [1.54, 1.807) is 18.2 Å². The maximum Gasteiger partial charge on any atom is 0.343 e. The molecule has 3 fully saturated rings. The van der Waals surface area contributed by atoms with E-state index in [4.69, 9.17) is 4.74 Å². The van der Waals surface area contributed by atoms with Gasteiger partial charge in [0.05, 0.1) is 35.8 Å². The molecular formula is C26H21NO6. The Hall–Kier alpha value is -3.74. The number of esters is 2. The number of nitrogens with zero attached hydrogens (tertiary/aromatic N) is 1. The van der Waals surface area contributed by atoms with Gasteiger partial charge in [0, 0.05) is 0 Å². The summed E-state index contributed by atoms with van der Waals surface area (Å²) < 4.78 is 10.1. The summed E-state index contributed by atoms with van der Waals surface area (Å²) in [5.41, 5.74) is 0.958.